The second-order valence-corrected chi connectivity index (χ2v) is 4.64. The zero-order valence-corrected chi connectivity index (χ0v) is 10.7. The van der Waals surface area contributed by atoms with Crippen molar-refractivity contribution in [3.8, 4) is 0 Å². The van der Waals surface area contributed by atoms with Gasteiger partial charge in [0.05, 0.1) is 6.54 Å². The maximum atomic E-state index is 13.6. The summed E-state index contributed by atoms with van der Waals surface area (Å²) >= 11 is 5.90. The largest absolute Gasteiger partial charge is 0.297 e. The molecule has 0 saturated carbocycles. The molecule has 0 aliphatic heterocycles. The molecule has 2 aromatic rings. The molecule has 96 valence electrons. The van der Waals surface area contributed by atoms with E-state index in [-0.39, 0.29) is 23.3 Å². The van der Waals surface area contributed by atoms with Crippen molar-refractivity contribution in [3.63, 3.8) is 0 Å². The predicted molar refractivity (Wildman–Crippen MR) is 64.6 cm³/mol. The van der Waals surface area contributed by atoms with Gasteiger partial charge in [-0.2, -0.15) is 0 Å². The number of nitrogens with zero attached hydrogens (tertiary/aromatic N) is 3. The van der Waals surface area contributed by atoms with Crippen LogP contribution in [-0.2, 0) is 6.54 Å². The Morgan fingerprint density at radius 3 is 2.67 bits per heavy atom. The Labute approximate surface area is 108 Å². The summed E-state index contributed by atoms with van der Waals surface area (Å²) in [6.07, 6.45) is 0. The van der Waals surface area contributed by atoms with Crippen molar-refractivity contribution in [1.29, 1.82) is 0 Å². The van der Waals surface area contributed by atoms with Crippen LogP contribution < -0.4 is 0 Å². The molecule has 0 spiro atoms. The van der Waals surface area contributed by atoms with Crippen LogP contribution in [0.2, 0.25) is 5.28 Å². The van der Waals surface area contributed by atoms with Gasteiger partial charge < -0.3 is 0 Å². The first-order valence-electron chi connectivity index (χ1n) is 5.51. The van der Waals surface area contributed by atoms with Crippen LogP contribution in [0.1, 0.15) is 31.2 Å². The van der Waals surface area contributed by atoms with Crippen molar-refractivity contribution in [1.82, 2.24) is 14.8 Å². The van der Waals surface area contributed by atoms with Crippen LogP contribution >= 0.6 is 11.6 Å². The first kappa shape index (κ1) is 13.0. The van der Waals surface area contributed by atoms with Crippen molar-refractivity contribution < 1.29 is 8.78 Å². The van der Waals surface area contributed by atoms with Crippen LogP contribution in [-0.4, -0.2) is 14.8 Å². The third-order valence-electron chi connectivity index (χ3n) is 2.59. The molecule has 1 aromatic heterocycles. The van der Waals surface area contributed by atoms with E-state index in [2.05, 4.69) is 10.2 Å². The SMILES string of the molecule is CC(C)c1nnc(Cl)n1Cc1cc(F)ccc1F. The van der Waals surface area contributed by atoms with Crippen LogP contribution in [0, 0.1) is 11.6 Å². The second-order valence-electron chi connectivity index (χ2n) is 4.30. The monoisotopic (exact) mass is 271 g/mol. The van der Waals surface area contributed by atoms with Crippen LogP contribution in [0.3, 0.4) is 0 Å². The quantitative estimate of drug-likeness (QED) is 0.857. The van der Waals surface area contributed by atoms with Gasteiger partial charge in [0.15, 0.2) is 0 Å². The Hall–Kier alpha value is -1.49. The van der Waals surface area contributed by atoms with E-state index >= 15 is 0 Å². The molecule has 0 amide bonds. The molecule has 2 rings (SSSR count). The summed E-state index contributed by atoms with van der Waals surface area (Å²) in [5, 5.41) is 7.85. The van der Waals surface area contributed by atoms with Gasteiger partial charge >= 0.3 is 0 Å². The summed E-state index contributed by atoms with van der Waals surface area (Å²) in [6.45, 7) is 3.97. The van der Waals surface area contributed by atoms with Crippen molar-refractivity contribution in [2.24, 2.45) is 0 Å². The zero-order valence-electron chi connectivity index (χ0n) is 9.99. The molecule has 0 aliphatic carbocycles. The van der Waals surface area contributed by atoms with Crippen LogP contribution in [0.15, 0.2) is 18.2 Å². The van der Waals surface area contributed by atoms with Crippen LogP contribution in [0.5, 0.6) is 0 Å². The standard InChI is InChI=1S/C12H12ClF2N3/c1-7(2)11-16-17-12(13)18(11)6-8-5-9(14)3-4-10(8)15/h3-5,7H,6H2,1-2H3. The molecule has 0 bridgehead atoms. The normalized spacial score (nSPS) is 11.2. The molecule has 18 heavy (non-hydrogen) atoms. The van der Waals surface area contributed by atoms with E-state index in [4.69, 9.17) is 11.6 Å². The van der Waals surface area contributed by atoms with Gasteiger partial charge in [0.2, 0.25) is 5.28 Å². The fourth-order valence-corrected chi connectivity index (χ4v) is 1.89. The molecule has 1 aromatic carbocycles. The Balaban J connectivity index is 2.39. The third-order valence-corrected chi connectivity index (χ3v) is 2.87. The van der Waals surface area contributed by atoms with Crippen molar-refractivity contribution >= 4 is 11.6 Å². The number of aromatic nitrogens is 3. The highest BCUT2D eigenvalue weighted by Crippen LogP contribution is 2.20. The smallest absolute Gasteiger partial charge is 0.225 e. The number of hydrogen-bond acceptors (Lipinski definition) is 2. The lowest BCUT2D eigenvalue weighted by molar-refractivity contribution is 0.569. The lowest BCUT2D eigenvalue weighted by Gasteiger charge is -2.10. The summed E-state index contributed by atoms with van der Waals surface area (Å²) < 4.78 is 28.2. The lowest BCUT2D eigenvalue weighted by Crippen LogP contribution is -2.08. The van der Waals surface area contributed by atoms with Crippen molar-refractivity contribution in [2.45, 2.75) is 26.3 Å². The predicted octanol–water partition coefficient (Wildman–Crippen LogP) is 3.38. The topological polar surface area (TPSA) is 30.7 Å². The van der Waals surface area contributed by atoms with E-state index in [1.807, 2.05) is 13.8 Å². The molecule has 0 radical (unpaired) electrons. The fourth-order valence-electron chi connectivity index (χ4n) is 1.70. The molecule has 0 aliphatic rings. The zero-order chi connectivity index (χ0) is 13.3. The Morgan fingerprint density at radius 2 is 2.00 bits per heavy atom. The van der Waals surface area contributed by atoms with Gasteiger partial charge in [0.25, 0.3) is 0 Å². The van der Waals surface area contributed by atoms with E-state index < -0.39 is 11.6 Å². The molecule has 0 atom stereocenters. The molecule has 0 unspecified atom stereocenters. The minimum atomic E-state index is -0.485. The van der Waals surface area contributed by atoms with Crippen molar-refractivity contribution in [3.05, 3.63) is 46.5 Å². The average Bonchev–Trinajstić information content (AvgIpc) is 2.66. The number of benzene rings is 1. The minimum absolute atomic E-state index is 0.0987. The van der Waals surface area contributed by atoms with Gasteiger partial charge in [0, 0.05) is 11.5 Å². The highest BCUT2D eigenvalue weighted by Gasteiger charge is 2.15. The average molecular weight is 272 g/mol. The van der Waals surface area contributed by atoms with Gasteiger partial charge in [-0.3, -0.25) is 4.57 Å². The van der Waals surface area contributed by atoms with Gasteiger partial charge in [-0.05, 0) is 29.8 Å². The van der Waals surface area contributed by atoms with Crippen LogP contribution in [0.4, 0.5) is 8.78 Å². The van der Waals surface area contributed by atoms with Gasteiger partial charge in [0.1, 0.15) is 17.5 Å². The summed E-state index contributed by atoms with van der Waals surface area (Å²) in [5.41, 5.74) is 0.221. The van der Waals surface area contributed by atoms with E-state index in [9.17, 15) is 8.78 Å². The minimum Gasteiger partial charge on any atom is -0.297 e. The second kappa shape index (κ2) is 5.02. The summed E-state index contributed by atoms with van der Waals surface area (Å²) in [6, 6.07) is 3.32. The Morgan fingerprint density at radius 1 is 1.28 bits per heavy atom. The highest BCUT2D eigenvalue weighted by molar-refractivity contribution is 6.28. The molecule has 6 heteroatoms. The summed E-state index contributed by atoms with van der Waals surface area (Å²) in [7, 11) is 0. The summed E-state index contributed by atoms with van der Waals surface area (Å²) in [4.78, 5) is 0. The summed E-state index contributed by atoms with van der Waals surface area (Å²) in [5.74, 6) is -0.220. The van der Waals surface area contributed by atoms with E-state index in [1.165, 1.54) is 0 Å². The Bertz CT molecular complexity index is 566. The first-order chi connectivity index (χ1) is 8.49. The fraction of sp³-hybridized carbons (Fsp3) is 0.333. The van der Waals surface area contributed by atoms with Gasteiger partial charge in [-0.15, -0.1) is 10.2 Å². The van der Waals surface area contributed by atoms with E-state index in [0.717, 1.165) is 18.2 Å². The maximum Gasteiger partial charge on any atom is 0.225 e. The molecule has 0 N–H and O–H groups in total. The van der Waals surface area contributed by atoms with E-state index in [1.54, 1.807) is 4.57 Å². The highest BCUT2D eigenvalue weighted by atomic mass is 35.5. The number of rotatable bonds is 3. The molecular weight excluding hydrogens is 260 g/mol. The number of hydrogen-bond donors (Lipinski definition) is 0. The molecule has 0 fully saturated rings. The van der Waals surface area contributed by atoms with E-state index in [0.29, 0.717) is 5.82 Å². The maximum absolute atomic E-state index is 13.6. The molecular formula is C12H12ClF2N3. The first-order valence-corrected chi connectivity index (χ1v) is 5.89. The molecule has 0 saturated heterocycles. The van der Waals surface area contributed by atoms with Crippen molar-refractivity contribution in [2.75, 3.05) is 0 Å². The lowest BCUT2D eigenvalue weighted by atomic mass is 10.1. The molecule has 3 nitrogen and oxygen atoms in total. The van der Waals surface area contributed by atoms with Crippen LogP contribution in [0.25, 0.3) is 0 Å². The third kappa shape index (κ3) is 2.51. The molecule has 1 heterocycles. The Kier molecular flexibility index (Phi) is 3.61. The van der Waals surface area contributed by atoms with Gasteiger partial charge in [-0.1, -0.05) is 13.8 Å². The van der Waals surface area contributed by atoms with Gasteiger partial charge in [-0.25, -0.2) is 8.78 Å². The number of halogens is 3.